The van der Waals surface area contributed by atoms with E-state index in [1.54, 1.807) is 0 Å². The number of fused-ring (bicyclic) bond motifs is 12. The second-order valence-corrected chi connectivity index (χ2v) is 14.9. The van der Waals surface area contributed by atoms with E-state index in [1.165, 1.54) is 72.0 Å². The number of hydrogen-bond donors (Lipinski definition) is 0. The summed E-state index contributed by atoms with van der Waals surface area (Å²) in [5.74, 6) is 0.719. The molecule has 0 radical (unpaired) electrons. The van der Waals surface area contributed by atoms with Gasteiger partial charge in [0.15, 0.2) is 5.82 Å². The monoisotopic (exact) mass is 711 g/mol. The fourth-order valence-electron chi connectivity index (χ4n) is 9.64. The van der Waals surface area contributed by atoms with Crippen LogP contribution < -0.4 is 0 Å². The highest BCUT2D eigenvalue weighted by molar-refractivity contribution is 6.12. The molecule has 0 amide bonds. The third kappa shape index (κ3) is 4.28. The van der Waals surface area contributed by atoms with Crippen LogP contribution in [0.5, 0.6) is 0 Å². The van der Waals surface area contributed by atoms with E-state index in [9.17, 15) is 0 Å². The van der Waals surface area contributed by atoms with Gasteiger partial charge >= 0.3 is 0 Å². The maximum Gasteiger partial charge on any atom is 0.160 e. The number of aromatic nitrogens is 3. The van der Waals surface area contributed by atoms with Gasteiger partial charge in [-0.2, -0.15) is 0 Å². The third-order valence-corrected chi connectivity index (χ3v) is 12.0. The third-order valence-electron chi connectivity index (χ3n) is 12.0. The van der Waals surface area contributed by atoms with Crippen molar-refractivity contribution >= 4 is 21.8 Å². The summed E-state index contributed by atoms with van der Waals surface area (Å²) in [5.41, 5.74) is 18.5. The first-order chi connectivity index (χ1) is 27.8. The quantitative estimate of drug-likeness (QED) is 0.182. The molecule has 2 aromatic heterocycles. The standard InChI is InChI=1S/C53H33N3/c1-3-14-35(15-4-1)47-33-48(55-52(54-47)37-16-5-2-6-17-37)36-28-26-34(27-29-36)38-30-31-40-39-18-7-9-21-43(39)53(46(40)32-38)44-22-10-12-25-50(44)56-49-24-11-8-19-41(49)42-20-13-23-45(53)51(42)56/h1-33H. The van der Waals surface area contributed by atoms with Gasteiger partial charge < -0.3 is 4.57 Å². The number of para-hydroxylation sites is 3. The van der Waals surface area contributed by atoms with Crippen molar-refractivity contribution in [2.24, 2.45) is 0 Å². The SMILES string of the molecule is c1ccc(-c2cc(-c3ccc(-c4ccc5c(c4)C4(c6ccccc6-5)c5ccccc5-n5c6ccccc6c6cccc4c65)cc3)nc(-c3ccccc3)n2)cc1. The van der Waals surface area contributed by atoms with Crippen LogP contribution in [0.15, 0.2) is 200 Å². The second-order valence-electron chi connectivity index (χ2n) is 14.9. The van der Waals surface area contributed by atoms with E-state index in [0.717, 1.165) is 33.9 Å². The summed E-state index contributed by atoms with van der Waals surface area (Å²) in [6.45, 7) is 0. The molecular formula is C53H33N3. The van der Waals surface area contributed by atoms with E-state index >= 15 is 0 Å². The minimum absolute atomic E-state index is 0.481. The molecule has 0 saturated heterocycles. The smallest absolute Gasteiger partial charge is 0.160 e. The molecule has 1 atom stereocenters. The van der Waals surface area contributed by atoms with Gasteiger partial charge in [0.1, 0.15) is 0 Å². The lowest BCUT2D eigenvalue weighted by Gasteiger charge is -2.39. The summed E-state index contributed by atoms with van der Waals surface area (Å²) in [6, 6.07) is 72.6. The maximum absolute atomic E-state index is 5.09. The van der Waals surface area contributed by atoms with Crippen molar-refractivity contribution in [3.8, 4) is 61.8 Å². The van der Waals surface area contributed by atoms with Gasteiger partial charge in [0.25, 0.3) is 0 Å². The number of benzene rings is 8. The molecule has 56 heavy (non-hydrogen) atoms. The molecule has 260 valence electrons. The lowest BCUT2D eigenvalue weighted by atomic mass is 9.65. The summed E-state index contributed by atoms with van der Waals surface area (Å²) in [4.78, 5) is 10.1. The van der Waals surface area contributed by atoms with Crippen molar-refractivity contribution in [2.75, 3.05) is 0 Å². The topological polar surface area (TPSA) is 30.7 Å². The van der Waals surface area contributed by atoms with E-state index in [4.69, 9.17) is 9.97 Å². The highest BCUT2D eigenvalue weighted by Crippen LogP contribution is 2.61. The molecule has 0 N–H and O–H groups in total. The molecule has 12 rings (SSSR count). The highest BCUT2D eigenvalue weighted by Gasteiger charge is 2.50. The van der Waals surface area contributed by atoms with Gasteiger partial charge in [0.2, 0.25) is 0 Å². The van der Waals surface area contributed by atoms with Crippen LogP contribution in [-0.4, -0.2) is 14.5 Å². The molecule has 8 aromatic carbocycles. The van der Waals surface area contributed by atoms with Crippen molar-refractivity contribution in [1.82, 2.24) is 14.5 Å². The molecule has 1 aliphatic heterocycles. The van der Waals surface area contributed by atoms with E-state index in [-0.39, 0.29) is 0 Å². The Kier molecular flexibility index (Phi) is 6.55. The zero-order chi connectivity index (χ0) is 36.8. The van der Waals surface area contributed by atoms with Gasteiger partial charge in [-0.25, -0.2) is 9.97 Å². The maximum atomic E-state index is 5.09. The Morgan fingerprint density at radius 2 is 0.929 bits per heavy atom. The van der Waals surface area contributed by atoms with Gasteiger partial charge in [-0.15, -0.1) is 0 Å². The molecule has 1 spiro atoms. The molecule has 0 fully saturated rings. The summed E-state index contributed by atoms with van der Waals surface area (Å²) >= 11 is 0. The lowest BCUT2D eigenvalue weighted by molar-refractivity contribution is 0.749. The van der Waals surface area contributed by atoms with Gasteiger partial charge in [-0.3, -0.25) is 0 Å². The Labute approximate surface area is 324 Å². The molecule has 3 heteroatoms. The van der Waals surface area contributed by atoms with Crippen LogP contribution in [-0.2, 0) is 5.41 Å². The van der Waals surface area contributed by atoms with Crippen molar-refractivity contribution in [3.63, 3.8) is 0 Å². The predicted octanol–water partition coefficient (Wildman–Crippen LogP) is 12.9. The molecular weight excluding hydrogens is 679 g/mol. The molecule has 0 bridgehead atoms. The van der Waals surface area contributed by atoms with Crippen LogP contribution in [0.3, 0.4) is 0 Å². The van der Waals surface area contributed by atoms with Crippen LogP contribution in [0, 0.1) is 0 Å². The van der Waals surface area contributed by atoms with E-state index in [1.807, 2.05) is 24.3 Å². The Bertz CT molecular complexity index is 3120. The summed E-state index contributed by atoms with van der Waals surface area (Å²) in [7, 11) is 0. The normalized spacial score (nSPS) is 14.9. The molecule has 1 unspecified atom stereocenters. The van der Waals surface area contributed by atoms with Crippen LogP contribution in [0.1, 0.15) is 22.3 Å². The zero-order valence-corrected chi connectivity index (χ0v) is 30.4. The molecule has 0 saturated carbocycles. The van der Waals surface area contributed by atoms with Crippen LogP contribution >= 0.6 is 0 Å². The predicted molar refractivity (Wildman–Crippen MR) is 229 cm³/mol. The van der Waals surface area contributed by atoms with Gasteiger partial charge in [0, 0.05) is 27.5 Å². The largest absolute Gasteiger partial charge is 0.309 e. The lowest BCUT2D eigenvalue weighted by Crippen LogP contribution is -2.33. The Morgan fingerprint density at radius 1 is 0.357 bits per heavy atom. The van der Waals surface area contributed by atoms with Gasteiger partial charge in [0.05, 0.1) is 33.5 Å². The zero-order valence-electron chi connectivity index (χ0n) is 30.4. The molecule has 2 aliphatic rings. The average Bonchev–Trinajstić information content (AvgIpc) is 3.77. The van der Waals surface area contributed by atoms with Crippen LogP contribution in [0.2, 0.25) is 0 Å². The van der Waals surface area contributed by atoms with Crippen LogP contribution in [0.25, 0.3) is 83.6 Å². The van der Waals surface area contributed by atoms with Crippen LogP contribution in [0.4, 0.5) is 0 Å². The minimum Gasteiger partial charge on any atom is -0.309 e. The van der Waals surface area contributed by atoms with Crippen molar-refractivity contribution in [3.05, 3.63) is 222 Å². The molecule has 10 aromatic rings. The van der Waals surface area contributed by atoms with Crippen molar-refractivity contribution in [1.29, 1.82) is 0 Å². The first-order valence-electron chi connectivity index (χ1n) is 19.2. The number of hydrogen-bond acceptors (Lipinski definition) is 2. The van der Waals surface area contributed by atoms with Crippen molar-refractivity contribution < 1.29 is 0 Å². The fraction of sp³-hybridized carbons (Fsp3) is 0.0189. The molecule has 3 nitrogen and oxygen atoms in total. The number of nitrogens with zero attached hydrogens (tertiary/aromatic N) is 3. The first-order valence-corrected chi connectivity index (χ1v) is 19.2. The second kappa shape index (κ2) is 11.8. The molecule has 1 aliphatic carbocycles. The summed E-state index contributed by atoms with van der Waals surface area (Å²) < 4.78 is 2.50. The summed E-state index contributed by atoms with van der Waals surface area (Å²) in [6.07, 6.45) is 0. The van der Waals surface area contributed by atoms with Gasteiger partial charge in [-0.1, -0.05) is 176 Å². The highest BCUT2D eigenvalue weighted by atomic mass is 15.0. The van der Waals surface area contributed by atoms with Gasteiger partial charge in [-0.05, 0) is 68.8 Å². The van der Waals surface area contributed by atoms with E-state index in [0.29, 0.717) is 0 Å². The van der Waals surface area contributed by atoms with E-state index < -0.39 is 5.41 Å². The fourth-order valence-corrected chi connectivity index (χ4v) is 9.64. The summed E-state index contributed by atoms with van der Waals surface area (Å²) in [5, 5.41) is 2.58. The van der Waals surface area contributed by atoms with Crippen molar-refractivity contribution in [2.45, 2.75) is 5.41 Å². The minimum atomic E-state index is -0.481. The average molecular weight is 712 g/mol. The Balaban J connectivity index is 1.04. The Morgan fingerprint density at radius 3 is 1.73 bits per heavy atom. The Hall–Kier alpha value is -7.36. The molecule has 3 heterocycles. The first kappa shape index (κ1) is 31.0. The number of rotatable bonds is 4. The van der Waals surface area contributed by atoms with E-state index in [2.05, 4.69) is 180 Å².